The van der Waals surface area contributed by atoms with Crippen molar-refractivity contribution in [1.29, 1.82) is 0 Å². The summed E-state index contributed by atoms with van der Waals surface area (Å²) in [6.07, 6.45) is 0. The smallest absolute Gasteiger partial charge is 0.237 e. The highest BCUT2D eigenvalue weighted by molar-refractivity contribution is 5.85. The van der Waals surface area contributed by atoms with Gasteiger partial charge in [0.05, 0.1) is 41.0 Å². The number of halogens is 1. The Bertz CT molecular complexity index is 893. The summed E-state index contributed by atoms with van der Waals surface area (Å²) in [4.78, 5) is 16.8. The van der Waals surface area contributed by atoms with E-state index in [2.05, 4.69) is 6.92 Å². The second-order valence-electron chi connectivity index (χ2n) is 7.50. The first-order chi connectivity index (χ1) is 14.8. The van der Waals surface area contributed by atoms with E-state index in [4.69, 9.17) is 18.9 Å². The van der Waals surface area contributed by atoms with Gasteiger partial charge in [0, 0.05) is 13.1 Å². The van der Waals surface area contributed by atoms with Gasteiger partial charge in [-0.3, -0.25) is 9.69 Å². The molecule has 2 aromatic rings. The SMILES string of the molecule is COc1ccc(C(C)N(C)CC(=O)N(C)C(C)c2ccc(OC)c(OC)c2)cc1OC.Cl. The van der Waals surface area contributed by atoms with Crippen molar-refractivity contribution in [3.05, 3.63) is 47.5 Å². The van der Waals surface area contributed by atoms with Crippen LogP contribution in [0.3, 0.4) is 0 Å². The van der Waals surface area contributed by atoms with Gasteiger partial charge in [-0.2, -0.15) is 0 Å². The largest absolute Gasteiger partial charge is 0.493 e. The molecular weight excluding hydrogens is 432 g/mol. The summed E-state index contributed by atoms with van der Waals surface area (Å²) in [5.74, 6) is 2.69. The fraction of sp³-hybridized carbons (Fsp3) is 0.458. The minimum atomic E-state index is -0.114. The van der Waals surface area contributed by atoms with E-state index in [1.165, 1.54) is 0 Å². The van der Waals surface area contributed by atoms with Crippen molar-refractivity contribution in [3.63, 3.8) is 0 Å². The maximum absolute atomic E-state index is 13.0. The van der Waals surface area contributed by atoms with Crippen molar-refractivity contribution in [3.8, 4) is 23.0 Å². The van der Waals surface area contributed by atoms with Crippen LogP contribution in [0.2, 0.25) is 0 Å². The Morgan fingerprint density at radius 3 is 1.56 bits per heavy atom. The summed E-state index contributed by atoms with van der Waals surface area (Å²) in [6.45, 7) is 4.34. The molecule has 0 spiro atoms. The maximum atomic E-state index is 13.0. The van der Waals surface area contributed by atoms with Crippen LogP contribution in [0.4, 0.5) is 0 Å². The number of ether oxygens (including phenoxy) is 4. The molecule has 2 rings (SSSR count). The average molecular weight is 467 g/mol. The first kappa shape index (κ1) is 27.4. The van der Waals surface area contributed by atoms with E-state index in [1.807, 2.05) is 62.3 Å². The minimum absolute atomic E-state index is 0. The van der Waals surface area contributed by atoms with Gasteiger partial charge >= 0.3 is 0 Å². The van der Waals surface area contributed by atoms with Crippen molar-refractivity contribution in [2.45, 2.75) is 25.9 Å². The second kappa shape index (κ2) is 12.4. The van der Waals surface area contributed by atoms with Gasteiger partial charge in [0.1, 0.15) is 0 Å². The highest BCUT2D eigenvalue weighted by Crippen LogP contribution is 2.33. The summed E-state index contributed by atoms with van der Waals surface area (Å²) < 4.78 is 21.4. The number of rotatable bonds is 10. The van der Waals surface area contributed by atoms with Gasteiger partial charge in [0.25, 0.3) is 0 Å². The molecule has 0 N–H and O–H groups in total. The first-order valence-electron chi connectivity index (χ1n) is 10.2. The number of methoxy groups -OCH3 is 4. The van der Waals surface area contributed by atoms with Crippen molar-refractivity contribution >= 4 is 18.3 Å². The lowest BCUT2D eigenvalue weighted by molar-refractivity contribution is -0.133. The number of carbonyl (C=O) groups excluding carboxylic acids is 1. The van der Waals surface area contributed by atoms with Gasteiger partial charge in [-0.05, 0) is 56.3 Å². The van der Waals surface area contributed by atoms with Crippen LogP contribution in [0.5, 0.6) is 23.0 Å². The summed E-state index contributed by atoms with van der Waals surface area (Å²) >= 11 is 0. The lowest BCUT2D eigenvalue weighted by Gasteiger charge is -2.30. The van der Waals surface area contributed by atoms with Crippen molar-refractivity contribution in [2.75, 3.05) is 49.1 Å². The van der Waals surface area contributed by atoms with E-state index in [0.717, 1.165) is 11.1 Å². The molecule has 2 aromatic carbocycles. The van der Waals surface area contributed by atoms with E-state index in [-0.39, 0.29) is 36.9 Å². The average Bonchev–Trinajstić information content (AvgIpc) is 2.81. The van der Waals surface area contributed by atoms with E-state index in [0.29, 0.717) is 23.0 Å². The van der Waals surface area contributed by atoms with Crippen LogP contribution in [0.1, 0.15) is 37.1 Å². The van der Waals surface area contributed by atoms with Crippen LogP contribution in [0.25, 0.3) is 0 Å². The minimum Gasteiger partial charge on any atom is -0.493 e. The third-order valence-corrected chi connectivity index (χ3v) is 5.80. The predicted molar refractivity (Wildman–Crippen MR) is 129 cm³/mol. The van der Waals surface area contributed by atoms with E-state index in [9.17, 15) is 4.79 Å². The number of hydrogen-bond donors (Lipinski definition) is 0. The Balaban J connectivity index is 0.00000512. The topological polar surface area (TPSA) is 60.5 Å². The molecule has 8 heteroatoms. The van der Waals surface area contributed by atoms with Crippen LogP contribution < -0.4 is 18.9 Å². The third kappa shape index (κ3) is 6.20. The molecule has 0 aromatic heterocycles. The molecule has 178 valence electrons. The van der Waals surface area contributed by atoms with Crippen LogP contribution in [-0.2, 0) is 4.79 Å². The number of carbonyl (C=O) groups is 1. The van der Waals surface area contributed by atoms with Crippen molar-refractivity contribution < 1.29 is 23.7 Å². The lowest BCUT2D eigenvalue weighted by atomic mass is 10.1. The standard InChI is InChI=1S/C24H34N2O5.ClH/c1-16(18-9-11-20(28-5)22(13-18)30-7)25(3)15-24(27)26(4)17(2)19-10-12-21(29-6)23(14-19)31-8;/h9-14,16-17H,15H2,1-8H3;1H. The van der Waals surface area contributed by atoms with Gasteiger partial charge in [-0.25, -0.2) is 0 Å². The van der Waals surface area contributed by atoms with Gasteiger partial charge in [0.15, 0.2) is 23.0 Å². The predicted octanol–water partition coefficient (Wildman–Crippen LogP) is 4.36. The molecular formula is C24H35ClN2O5. The molecule has 32 heavy (non-hydrogen) atoms. The molecule has 7 nitrogen and oxygen atoms in total. The maximum Gasteiger partial charge on any atom is 0.237 e. The third-order valence-electron chi connectivity index (χ3n) is 5.80. The van der Waals surface area contributed by atoms with E-state index < -0.39 is 0 Å². The summed E-state index contributed by atoms with van der Waals surface area (Å²) in [7, 11) is 10.2. The van der Waals surface area contributed by atoms with Gasteiger partial charge in [-0.15, -0.1) is 12.4 Å². The van der Waals surface area contributed by atoms with Gasteiger partial charge in [0.2, 0.25) is 5.91 Å². The zero-order valence-corrected chi connectivity index (χ0v) is 21.0. The molecule has 0 aliphatic heterocycles. The Labute approximate surface area is 197 Å². The number of nitrogens with zero attached hydrogens (tertiary/aromatic N) is 2. The number of amides is 1. The Morgan fingerprint density at radius 2 is 1.16 bits per heavy atom. The molecule has 0 radical (unpaired) electrons. The van der Waals surface area contributed by atoms with Crippen LogP contribution >= 0.6 is 12.4 Å². The van der Waals surface area contributed by atoms with Crippen LogP contribution in [0, 0.1) is 0 Å². The Kier molecular flexibility index (Phi) is 10.6. The zero-order chi connectivity index (χ0) is 23.1. The number of hydrogen-bond acceptors (Lipinski definition) is 6. The Morgan fingerprint density at radius 1 is 0.750 bits per heavy atom. The summed E-state index contributed by atoms with van der Waals surface area (Å²) in [6, 6.07) is 11.4. The lowest BCUT2D eigenvalue weighted by Crippen LogP contribution is -2.38. The quantitative estimate of drug-likeness (QED) is 0.518. The molecule has 0 bridgehead atoms. The van der Waals surface area contributed by atoms with E-state index in [1.54, 1.807) is 33.3 Å². The Hall–Kier alpha value is -2.64. The monoisotopic (exact) mass is 466 g/mol. The summed E-state index contributed by atoms with van der Waals surface area (Å²) in [5, 5.41) is 0. The van der Waals surface area contributed by atoms with Crippen LogP contribution in [0.15, 0.2) is 36.4 Å². The molecule has 0 heterocycles. The molecule has 0 fully saturated rings. The molecule has 2 unspecified atom stereocenters. The highest BCUT2D eigenvalue weighted by atomic mass is 35.5. The fourth-order valence-corrected chi connectivity index (χ4v) is 3.38. The fourth-order valence-electron chi connectivity index (χ4n) is 3.38. The first-order valence-corrected chi connectivity index (χ1v) is 10.2. The molecule has 1 amide bonds. The molecule has 0 aliphatic carbocycles. The number of benzene rings is 2. The van der Waals surface area contributed by atoms with Crippen LogP contribution in [-0.4, -0.2) is 64.8 Å². The molecule has 0 aliphatic rings. The van der Waals surface area contributed by atoms with Gasteiger partial charge in [-0.1, -0.05) is 12.1 Å². The molecule has 2 atom stereocenters. The normalized spacial score (nSPS) is 12.4. The zero-order valence-electron chi connectivity index (χ0n) is 20.2. The second-order valence-corrected chi connectivity index (χ2v) is 7.50. The molecule has 0 saturated heterocycles. The number of likely N-dealkylation sites (N-methyl/N-ethyl adjacent to an activating group) is 2. The molecule has 0 saturated carbocycles. The van der Waals surface area contributed by atoms with Crippen molar-refractivity contribution in [2.24, 2.45) is 0 Å². The highest BCUT2D eigenvalue weighted by Gasteiger charge is 2.23. The van der Waals surface area contributed by atoms with E-state index >= 15 is 0 Å². The van der Waals surface area contributed by atoms with Gasteiger partial charge < -0.3 is 23.8 Å². The summed E-state index contributed by atoms with van der Waals surface area (Å²) in [5.41, 5.74) is 2.02. The van der Waals surface area contributed by atoms with Crippen molar-refractivity contribution in [1.82, 2.24) is 9.80 Å².